The molecule has 2 aromatic carbocycles. The van der Waals surface area contributed by atoms with Gasteiger partial charge in [0.05, 0.1) is 0 Å². The summed E-state index contributed by atoms with van der Waals surface area (Å²) >= 11 is 0. The topological polar surface area (TPSA) is 114 Å². The largest absolute Gasteiger partial charge is 3.00 e. The molecule has 1 radical (unpaired) electrons. The smallest absolute Gasteiger partial charge is 0.741 e. The summed E-state index contributed by atoms with van der Waals surface area (Å²) in [6, 6.07) is 14.7. The van der Waals surface area contributed by atoms with Crippen molar-refractivity contribution in [2.45, 2.75) is 11.0 Å². The summed E-state index contributed by atoms with van der Waals surface area (Å²) < 4.78 is 118. The van der Waals surface area contributed by atoms with Gasteiger partial charge in [0.1, 0.15) is 0 Å². The fourth-order valence-corrected chi connectivity index (χ4v) is 1.07. The van der Waals surface area contributed by atoms with Crippen molar-refractivity contribution >= 4 is 31.0 Å². The van der Waals surface area contributed by atoms with Gasteiger partial charge in [0.25, 0.3) is 0 Å². The molecule has 0 bridgehead atoms. The molecule has 6 nitrogen and oxygen atoms in total. The van der Waals surface area contributed by atoms with E-state index in [-0.39, 0.29) is 26.2 Å². The van der Waals surface area contributed by atoms with Crippen LogP contribution in [0.1, 0.15) is 0 Å². The molecule has 0 heterocycles. The first-order valence-corrected chi connectivity index (χ1v) is 8.43. The van der Waals surface area contributed by atoms with Crippen molar-refractivity contribution < 1.29 is 78.5 Å². The second-order valence-corrected chi connectivity index (χ2v) is 6.70. The SMILES string of the molecule is O=S(=O)([O-])C(F)(F)F.O=S(=O)([O-])C(F)(F)F.[Zr+3].c1cc[c-]2cccc2c1. The molecule has 0 saturated carbocycles. The van der Waals surface area contributed by atoms with Gasteiger partial charge in [0.2, 0.25) is 0 Å². The third-order valence-electron chi connectivity index (χ3n) is 2.11. The van der Waals surface area contributed by atoms with Gasteiger partial charge in [-0.3, -0.25) is 0 Å². The molecular formula is C11H7F6O6S2Zr. The Balaban J connectivity index is 0. The van der Waals surface area contributed by atoms with Crippen LogP contribution < -0.4 is 0 Å². The summed E-state index contributed by atoms with van der Waals surface area (Å²) in [5.41, 5.74) is -11.3. The minimum atomic E-state index is -6.09. The van der Waals surface area contributed by atoms with E-state index < -0.39 is 31.3 Å². The van der Waals surface area contributed by atoms with Crippen LogP contribution in [0.5, 0.6) is 0 Å². The van der Waals surface area contributed by atoms with Gasteiger partial charge in [-0.2, -0.15) is 38.5 Å². The van der Waals surface area contributed by atoms with Crippen molar-refractivity contribution in [2.24, 2.45) is 0 Å². The molecule has 0 N–H and O–H groups in total. The maximum absolute atomic E-state index is 10.7. The normalized spacial score (nSPS) is 12.2. The van der Waals surface area contributed by atoms with E-state index in [4.69, 9.17) is 25.9 Å². The summed E-state index contributed by atoms with van der Waals surface area (Å²) in [4.78, 5) is 0. The van der Waals surface area contributed by atoms with Crippen LogP contribution in [0.4, 0.5) is 26.3 Å². The minimum absolute atomic E-state index is 0. The molecule has 0 unspecified atom stereocenters. The monoisotopic (exact) mass is 503 g/mol. The average molecular weight is 505 g/mol. The van der Waals surface area contributed by atoms with Crippen LogP contribution in [0.2, 0.25) is 0 Å². The van der Waals surface area contributed by atoms with Crippen LogP contribution in [0.3, 0.4) is 0 Å². The summed E-state index contributed by atoms with van der Waals surface area (Å²) in [6.07, 6.45) is 0. The second-order valence-electron chi connectivity index (χ2n) is 3.95. The third-order valence-corrected chi connectivity index (χ3v) is 3.25. The van der Waals surface area contributed by atoms with E-state index in [0.29, 0.717) is 0 Å². The van der Waals surface area contributed by atoms with Crippen molar-refractivity contribution in [3.8, 4) is 0 Å². The molecule has 2 rings (SSSR count). The Morgan fingerprint density at radius 2 is 1.04 bits per heavy atom. The van der Waals surface area contributed by atoms with Crippen molar-refractivity contribution in [2.75, 3.05) is 0 Å². The number of hydrogen-bond acceptors (Lipinski definition) is 6. The quantitative estimate of drug-likeness (QED) is 0.236. The van der Waals surface area contributed by atoms with E-state index >= 15 is 0 Å². The zero-order valence-electron chi connectivity index (χ0n) is 12.1. The summed E-state index contributed by atoms with van der Waals surface area (Å²) in [5, 5.41) is 2.66. The Morgan fingerprint density at radius 1 is 0.731 bits per heavy atom. The molecule has 0 aliphatic carbocycles. The Kier molecular flexibility index (Phi) is 10.4. The third kappa shape index (κ3) is 9.71. The molecule has 0 saturated heterocycles. The Hall–Kier alpha value is -0.887. The number of halogens is 6. The summed E-state index contributed by atoms with van der Waals surface area (Å²) in [6.45, 7) is 0. The number of alkyl halides is 6. The van der Waals surface area contributed by atoms with E-state index in [9.17, 15) is 26.3 Å². The zero-order valence-corrected chi connectivity index (χ0v) is 16.2. The Morgan fingerprint density at radius 3 is 1.35 bits per heavy atom. The van der Waals surface area contributed by atoms with Crippen LogP contribution >= 0.6 is 0 Å². The van der Waals surface area contributed by atoms with Crippen LogP contribution in [-0.2, 0) is 46.4 Å². The van der Waals surface area contributed by atoms with Gasteiger partial charge >= 0.3 is 37.2 Å². The van der Waals surface area contributed by atoms with E-state index in [2.05, 4.69) is 42.5 Å². The Labute approximate surface area is 162 Å². The van der Waals surface area contributed by atoms with Crippen molar-refractivity contribution in [3.05, 3.63) is 42.5 Å². The van der Waals surface area contributed by atoms with E-state index in [1.54, 1.807) is 0 Å². The van der Waals surface area contributed by atoms with Gasteiger partial charge in [-0.25, -0.2) is 16.8 Å². The molecule has 0 aliphatic heterocycles. The van der Waals surface area contributed by atoms with Gasteiger partial charge in [0, 0.05) is 0 Å². The van der Waals surface area contributed by atoms with Crippen LogP contribution in [0, 0.1) is 0 Å². The standard InChI is InChI=1S/C9H7.2CHF3O3S.Zr/c1-2-5-9-7-3-6-8(9)4-1;2*2-1(3,4)8(5,6)7;/h1-7H;2*(H,5,6,7);/q-1;;;+3/p-2. The number of fused-ring (bicyclic) bond motifs is 1. The summed E-state index contributed by atoms with van der Waals surface area (Å²) in [7, 11) is -12.2. The molecule has 0 aliphatic rings. The molecule has 0 fully saturated rings. The molecule has 2 aromatic rings. The fraction of sp³-hybridized carbons (Fsp3) is 0.182. The van der Waals surface area contributed by atoms with Gasteiger partial charge in [-0.15, -0.1) is 35.7 Å². The predicted octanol–water partition coefficient (Wildman–Crippen LogP) is 2.66. The number of rotatable bonds is 0. The fourth-order valence-electron chi connectivity index (χ4n) is 1.07. The maximum atomic E-state index is 10.7. The minimum Gasteiger partial charge on any atom is -0.741 e. The van der Waals surface area contributed by atoms with Gasteiger partial charge in [-0.1, -0.05) is 5.39 Å². The number of hydrogen-bond donors (Lipinski definition) is 0. The first kappa shape index (κ1) is 27.3. The zero-order chi connectivity index (χ0) is 20.1. The van der Waals surface area contributed by atoms with Gasteiger partial charge in [0.15, 0.2) is 20.2 Å². The van der Waals surface area contributed by atoms with Crippen molar-refractivity contribution in [1.82, 2.24) is 0 Å². The molecule has 0 atom stereocenters. The second kappa shape index (κ2) is 9.88. The van der Waals surface area contributed by atoms with Crippen LogP contribution in [-0.4, -0.2) is 37.0 Å². The molecule has 0 amide bonds. The van der Waals surface area contributed by atoms with Crippen LogP contribution in [0.15, 0.2) is 42.5 Å². The van der Waals surface area contributed by atoms with E-state index in [0.717, 1.165) is 0 Å². The predicted molar refractivity (Wildman–Crippen MR) is 71.0 cm³/mol. The van der Waals surface area contributed by atoms with E-state index in [1.807, 2.05) is 0 Å². The van der Waals surface area contributed by atoms with Crippen LogP contribution in [0.25, 0.3) is 10.8 Å². The maximum Gasteiger partial charge on any atom is 3.00 e. The van der Waals surface area contributed by atoms with Gasteiger partial charge < -0.3 is 9.11 Å². The van der Waals surface area contributed by atoms with Gasteiger partial charge in [-0.05, 0) is 0 Å². The molecular weight excluding hydrogens is 497 g/mol. The van der Waals surface area contributed by atoms with E-state index in [1.165, 1.54) is 10.8 Å². The first-order valence-electron chi connectivity index (χ1n) is 5.61. The molecule has 26 heavy (non-hydrogen) atoms. The number of benzene rings is 1. The molecule has 145 valence electrons. The molecule has 15 heteroatoms. The van der Waals surface area contributed by atoms with Crippen molar-refractivity contribution in [3.63, 3.8) is 0 Å². The summed E-state index contributed by atoms with van der Waals surface area (Å²) in [5.74, 6) is 0. The molecule has 0 spiro atoms. The first-order chi connectivity index (χ1) is 11.0. The molecule has 0 aromatic heterocycles. The van der Waals surface area contributed by atoms with Crippen molar-refractivity contribution in [1.29, 1.82) is 0 Å². The Bertz CT molecular complexity index is 814. The average Bonchev–Trinajstić information content (AvgIpc) is 2.83.